The number of carbonyl (C=O) groups excluding carboxylic acids is 1. The van der Waals surface area contributed by atoms with Gasteiger partial charge in [-0.15, -0.1) is 11.8 Å². The van der Waals surface area contributed by atoms with Gasteiger partial charge in [0.15, 0.2) is 0 Å². The molecule has 1 fully saturated rings. The van der Waals surface area contributed by atoms with Crippen molar-refractivity contribution in [2.24, 2.45) is 0 Å². The molecule has 7 heteroatoms. The zero-order chi connectivity index (χ0) is 18.8. The average molecular weight is 391 g/mol. The molecule has 0 radical (unpaired) electrons. The lowest BCUT2D eigenvalue weighted by Gasteiger charge is -2.24. The van der Waals surface area contributed by atoms with Gasteiger partial charge in [0.05, 0.1) is 4.92 Å². The topological polar surface area (TPSA) is 63.5 Å². The van der Waals surface area contributed by atoms with E-state index >= 15 is 0 Å². The van der Waals surface area contributed by atoms with Gasteiger partial charge in [-0.25, -0.2) is 0 Å². The molecular formula is C19H19ClN2O3S. The Labute approximate surface area is 161 Å². The first kappa shape index (κ1) is 18.7. The van der Waals surface area contributed by atoms with Crippen molar-refractivity contribution in [1.29, 1.82) is 0 Å². The molecule has 0 N–H and O–H groups in total. The number of nitro benzene ring substituents is 1. The summed E-state index contributed by atoms with van der Waals surface area (Å²) in [5.41, 5.74) is 2.35. The van der Waals surface area contributed by atoms with Crippen LogP contribution < -0.4 is 0 Å². The van der Waals surface area contributed by atoms with Crippen molar-refractivity contribution >= 4 is 35.0 Å². The van der Waals surface area contributed by atoms with Crippen LogP contribution in [0.1, 0.15) is 46.6 Å². The molecule has 3 rings (SSSR count). The first-order chi connectivity index (χ1) is 12.4. The molecular weight excluding hydrogens is 372 g/mol. The highest BCUT2D eigenvalue weighted by Gasteiger charge is 2.32. The van der Waals surface area contributed by atoms with Gasteiger partial charge in [0.25, 0.3) is 11.6 Å². The van der Waals surface area contributed by atoms with Crippen LogP contribution in [0.4, 0.5) is 5.69 Å². The number of halogens is 1. The Bertz CT molecular complexity index is 839. The fourth-order valence-corrected chi connectivity index (χ4v) is 4.39. The summed E-state index contributed by atoms with van der Waals surface area (Å²) in [7, 11) is 0. The van der Waals surface area contributed by atoms with Crippen molar-refractivity contribution in [3.05, 3.63) is 74.3 Å². The number of benzene rings is 2. The number of thioether (sulfide) groups is 1. The van der Waals surface area contributed by atoms with E-state index < -0.39 is 4.92 Å². The molecule has 26 heavy (non-hydrogen) atoms. The van der Waals surface area contributed by atoms with Crippen LogP contribution in [0.3, 0.4) is 0 Å². The Balaban J connectivity index is 1.87. The highest BCUT2D eigenvalue weighted by Crippen LogP contribution is 2.39. The minimum atomic E-state index is -0.569. The molecule has 0 bridgehead atoms. The van der Waals surface area contributed by atoms with Gasteiger partial charge >= 0.3 is 0 Å². The van der Waals surface area contributed by atoms with Crippen molar-refractivity contribution < 1.29 is 9.72 Å². The second-order valence-corrected chi connectivity index (χ2v) is 8.06. The molecule has 1 aliphatic heterocycles. The van der Waals surface area contributed by atoms with Gasteiger partial charge < -0.3 is 4.90 Å². The molecule has 0 saturated carbocycles. The predicted molar refractivity (Wildman–Crippen MR) is 105 cm³/mol. The number of carbonyl (C=O) groups is 1. The van der Waals surface area contributed by atoms with Crippen molar-refractivity contribution in [3.8, 4) is 0 Å². The van der Waals surface area contributed by atoms with Crippen LogP contribution in [-0.2, 0) is 0 Å². The fourth-order valence-electron chi connectivity index (χ4n) is 2.95. The van der Waals surface area contributed by atoms with Crippen molar-refractivity contribution in [3.63, 3.8) is 0 Å². The minimum Gasteiger partial charge on any atom is -0.322 e. The van der Waals surface area contributed by atoms with Gasteiger partial charge in [-0.2, -0.15) is 0 Å². The van der Waals surface area contributed by atoms with E-state index in [4.69, 9.17) is 11.6 Å². The summed E-state index contributed by atoms with van der Waals surface area (Å²) in [5, 5.41) is 11.0. The molecule has 2 aromatic carbocycles. The van der Waals surface area contributed by atoms with Crippen LogP contribution in [0.25, 0.3) is 0 Å². The molecule has 1 unspecified atom stereocenters. The summed E-state index contributed by atoms with van der Waals surface area (Å²) in [6, 6.07) is 12.5. The SMILES string of the molecule is CC(C)c1ccc(C2SCCN2C(=O)c2ccc(Cl)c([N+](=O)[O-])c2)cc1. The highest BCUT2D eigenvalue weighted by atomic mass is 35.5. The third-order valence-corrected chi connectivity index (χ3v) is 6.01. The van der Waals surface area contributed by atoms with Gasteiger partial charge in [0.2, 0.25) is 0 Å². The van der Waals surface area contributed by atoms with Crippen LogP contribution in [0, 0.1) is 10.1 Å². The van der Waals surface area contributed by atoms with E-state index in [2.05, 4.69) is 38.1 Å². The lowest BCUT2D eigenvalue weighted by Crippen LogP contribution is -2.30. The maximum atomic E-state index is 12.9. The number of amides is 1. The summed E-state index contributed by atoms with van der Waals surface area (Å²) in [6.07, 6.45) is 0. The van der Waals surface area contributed by atoms with Crippen molar-refractivity contribution in [1.82, 2.24) is 4.90 Å². The molecule has 1 amide bonds. The molecule has 0 aliphatic carbocycles. The van der Waals surface area contributed by atoms with E-state index in [1.165, 1.54) is 17.7 Å². The molecule has 1 aliphatic rings. The molecule has 0 spiro atoms. The first-order valence-corrected chi connectivity index (χ1v) is 9.77. The van der Waals surface area contributed by atoms with Gasteiger partial charge in [-0.1, -0.05) is 49.7 Å². The number of nitrogens with zero attached hydrogens (tertiary/aromatic N) is 2. The summed E-state index contributed by atoms with van der Waals surface area (Å²) < 4.78 is 0. The van der Waals surface area contributed by atoms with Gasteiger partial charge in [0, 0.05) is 23.9 Å². The van der Waals surface area contributed by atoms with Crippen LogP contribution in [0.5, 0.6) is 0 Å². The Morgan fingerprint density at radius 3 is 2.58 bits per heavy atom. The number of rotatable bonds is 4. The van der Waals surface area contributed by atoms with Crippen molar-refractivity contribution in [2.45, 2.75) is 25.1 Å². The molecule has 1 heterocycles. The molecule has 2 aromatic rings. The van der Waals surface area contributed by atoms with Gasteiger partial charge in [0.1, 0.15) is 10.4 Å². The highest BCUT2D eigenvalue weighted by molar-refractivity contribution is 7.99. The maximum Gasteiger partial charge on any atom is 0.288 e. The van der Waals surface area contributed by atoms with E-state index in [9.17, 15) is 14.9 Å². The number of nitro groups is 1. The standard InChI is InChI=1S/C19H19ClN2O3S/c1-12(2)13-3-5-14(6-4-13)19-21(9-10-26-19)18(23)15-7-8-16(20)17(11-15)22(24)25/h3-8,11-12,19H,9-10H2,1-2H3. The Morgan fingerprint density at radius 2 is 1.96 bits per heavy atom. The Morgan fingerprint density at radius 1 is 1.27 bits per heavy atom. The van der Waals surface area contributed by atoms with Gasteiger partial charge in [-0.05, 0) is 29.2 Å². The van der Waals surface area contributed by atoms with E-state index in [0.29, 0.717) is 12.5 Å². The number of hydrogen-bond donors (Lipinski definition) is 0. The zero-order valence-electron chi connectivity index (χ0n) is 14.5. The average Bonchev–Trinajstić information content (AvgIpc) is 3.11. The lowest BCUT2D eigenvalue weighted by molar-refractivity contribution is -0.384. The predicted octanol–water partition coefficient (Wildman–Crippen LogP) is 5.26. The second-order valence-electron chi connectivity index (χ2n) is 6.47. The van der Waals surface area contributed by atoms with Crippen LogP contribution in [0.15, 0.2) is 42.5 Å². The summed E-state index contributed by atoms with van der Waals surface area (Å²) >= 11 is 7.55. The summed E-state index contributed by atoms with van der Waals surface area (Å²) in [5.74, 6) is 1.07. The third kappa shape index (κ3) is 3.71. The second kappa shape index (κ2) is 7.68. The third-order valence-electron chi connectivity index (χ3n) is 4.43. The quantitative estimate of drug-likeness (QED) is 0.527. The van der Waals surface area contributed by atoms with Crippen LogP contribution in [0.2, 0.25) is 5.02 Å². The van der Waals surface area contributed by atoms with E-state index in [1.807, 2.05) is 0 Å². The molecule has 0 aromatic heterocycles. The Kier molecular flexibility index (Phi) is 5.53. The molecule has 1 saturated heterocycles. The summed E-state index contributed by atoms with van der Waals surface area (Å²) in [4.78, 5) is 25.2. The zero-order valence-corrected chi connectivity index (χ0v) is 16.1. The molecule has 5 nitrogen and oxygen atoms in total. The smallest absolute Gasteiger partial charge is 0.288 e. The Hall–Kier alpha value is -2.05. The largest absolute Gasteiger partial charge is 0.322 e. The van der Waals surface area contributed by atoms with Crippen molar-refractivity contribution in [2.75, 3.05) is 12.3 Å². The number of hydrogen-bond acceptors (Lipinski definition) is 4. The normalized spacial score (nSPS) is 16.9. The van der Waals surface area contributed by atoms with Crippen LogP contribution in [-0.4, -0.2) is 28.0 Å². The monoisotopic (exact) mass is 390 g/mol. The summed E-state index contributed by atoms with van der Waals surface area (Å²) in [6.45, 7) is 4.89. The maximum absolute atomic E-state index is 12.9. The minimum absolute atomic E-state index is 0.0307. The van der Waals surface area contributed by atoms with Crippen LogP contribution >= 0.6 is 23.4 Å². The van der Waals surface area contributed by atoms with Gasteiger partial charge in [-0.3, -0.25) is 14.9 Å². The van der Waals surface area contributed by atoms with E-state index in [1.54, 1.807) is 22.7 Å². The lowest BCUT2D eigenvalue weighted by atomic mass is 10.0. The first-order valence-electron chi connectivity index (χ1n) is 8.35. The molecule has 1 atom stereocenters. The molecule has 136 valence electrons. The van der Waals surface area contributed by atoms with E-state index in [0.717, 1.165) is 11.3 Å². The van der Waals surface area contributed by atoms with E-state index in [-0.39, 0.29) is 27.6 Å². The fraction of sp³-hybridized carbons (Fsp3) is 0.316.